The molecular formula is C16H14ClN3O4. The predicted molar refractivity (Wildman–Crippen MR) is 87.3 cm³/mol. The third-order valence-electron chi connectivity index (χ3n) is 3.74. The topological polar surface area (TPSA) is 85.6 Å². The number of carbonyl (C=O) groups is 1. The van der Waals surface area contributed by atoms with Crippen LogP contribution in [0.25, 0.3) is 0 Å². The first-order valence-electron chi connectivity index (χ1n) is 7.35. The Hall–Kier alpha value is -2.67. The molecule has 0 saturated carbocycles. The molecule has 1 atom stereocenters. The summed E-state index contributed by atoms with van der Waals surface area (Å²) in [4.78, 5) is 28.8. The summed E-state index contributed by atoms with van der Waals surface area (Å²) in [5.74, 6) is 0.0712. The van der Waals surface area contributed by atoms with Gasteiger partial charge in [-0.1, -0.05) is 17.7 Å². The highest BCUT2D eigenvalue weighted by Gasteiger charge is 2.32. The number of ether oxygens (including phenoxy) is 1. The number of benzene rings is 1. The third-order valence-corrected chi connectivity index (χ3v) is 3.98. The summed E-state index contributed by atoms with van der Waals surface area (Å²) in [6.45, 7) is 0.805. The smallest absolute Gasteiger partial charge is 0.282 e. The zero-order chi connectivity index (χ0) is 17.1. The molecule has 1 saturated heterocycles. The van der Waals surface area contributed by atoms with Crippen molar-refractivity contribution in [1.29, 1.82) is 0 Å². The second-order valence-electron chi connectivity index (χ2n) is 5.37. The molecule has 1 unspecified atom stereocenters. The second-order valence-corrected chi connectivity index (χ2v) is 5.80. The van der Waals surface area contributed by atoms with Gasteiger partial charge in [0.15, 0.2) is 0 Å². The molecule has 8 heteroatoms. The first-order valence-corrected chi connectivity index (χ1v) is 7.73. The van der Waals surface area contributed by atoms with E-state index in [1.54, 1.807) is 18.3 Å². The molecule has 3 rings (SSSR count). The van der Waals surface area contributed by atoms with Crippen molar-refractivity contribution in [2.24, 2.45) is 0 Å². The van der Waals surface area contributed by atoms with E-state index >= 15 is 0 Å². The normalized spacial score (nSPS) is 16.9. The van der Waals surface area contributed by atoms with Crippen LogP contribution in [-0.4, -0.2) is 39.9 Å². The highest BCUT2D eigenvalue weighted by atomic mass is 35.5. The van der Waals surface area contributed by atoms with E-state index in [4.69, 9.17) is 16.3 Å². The minimum Gasteiger partial charge on any atom is -0.472 e. The van der Waals surface area contributed by atoms with Gasteiger partial charge in [-0.2, -0.15) is 0 Å². The van der Waals surface area contributed by atoms with Crippen LogP contribution in [0, 0.1) is 10.1 Å². The standard InChI is InChI=1S/C16H14ClN3O4/c17-11-4-5-14(20(22)23)13(9-11)16(21)19-8-6-12(10-19)24-15-3-1-2-7-18-15/h1-5,7,9,12H,6,8,10H2. The van der Waals surface area contributed by atoms with Crippen LogP contribution in [0.5, 0.6) is 5.88 Å². The highest BCUT2D eigenvalue weighted by Crippen LogP contribution is 2.26. The average Bonchev–Trinajstić information content (AvgIpc) is 3.03. The maximum Gasteiger partial charge on any atom is 0.282 e. The van der Waals surface area contributed by atoms with Gasteiger partial charge in [-0.15, -0.1) is 0 Å². The van der Waals surface area contributed by atoms with Crippen LogP contribution < -0.4 is 4.74 Å². The van der Waals surface area contributed by atoms with Crippen molar-refractivity contribution < 1.29 is 14.5 Å². The van der Waals surface area contributed by atoms with Crippen LogP contribution in [0.2, 0.25) is 5.02 Å². The Morgan fingerprint density at radius 1 is 1.38 bits per heavy atom. The number of halogens is 1. The van der Waals surface area contributed by atoms with Crippen LogP contribution >= 0.6 is 11.6 Å². The first kappa shape index (κ1) is 16.2. The van der Waals surface area contributed by atoms with Gasteiger partial charge in [0.05, 0.1) is 11.5 Å². The molecule has 0 aliphatic carbocycles. The monoisotopic (exact) mass is 347 g/mol. The average molecular weight is 348 g/mol. The molecule has 0 radical (unpaired) electrons. The maximum absolute atomic E-state index is 12.6. The van der Waals surface area contributed by atoms with Gasteiger partial charge in [0.25, 0.3) is 11.6 Å². The van der Waals surface area contributed by atoms with E-state index in [0.29, 0.717) is 25.4 Å². The van der Waals surface area contributed by atoms with Crippen molar-refractivity contribution in [1.82, 2.24) is 9.88 Å². The van der Waals surface area contributed by atoms with Gasteiger partial charge >= 0.3 is 0 Å². The van der Waals surface area contributed by atoms with E-state index in [9.17, 15) is 14.9 Å². The fraction of sp³-hybridized carbons (Fsp3) is 0.250. The molecule has 1 fully saturated rings. The molecule has 1 aromatic carbocycles. The van der Waals surface area contributed by atoms with Crippen LogP contribution in [0.1, 0.15) is 16.8 Å². The van der Waals surface area contributed by atoms with Crippen LogP contribution in [0.3, 0.4) is 0 Å². The summed E-state index contributed by atoms with van der Waals surface area (Å²) < 4.78 is 5.73. The van der Waals surface area contributed by atoms with E-state index in [1.807, 2.05) is 6.07 Å². The third kappa shape index (κ3) is 3.46. The summed E-state index contributed by atoms with van der Waals surface area (Å²) in [7, 11) is 0. The molecule has 2 heterocycles. The molecule has 0 spiro atoms. The lowest BCUT2D eigenvalue weighted by Crippen LogP contribution is -2.31. The van der Waals surface area contributed by atoms with Gasteiger partial charge in [-0.3, -0.25) is 14.9 Å². The van der Waals surface area contributed by atoms with Gasteiger partial charge in [-0.05, 0) is 18.2 Å². The number of hydrogen-bond acceptors (Lipinski definition) is 5. The molecule has 2 aromatic rings. The van der Waals surface area contributed by atoms with Crippen LogP contribution in [0.4, 0.5) is 5.69 Å². The van der Waals surface area contributed by atoms with Gasteiger partial charge in [0.2, 0.25) is 5.88 Å². The number of rotatable bonds is 4. The highest BCUT2D eigenvalue weighted by molar-refractivity contribution is 6.31. The number of aromatic nitrogens is 1. The summed E-state index contributed by atoms with van der Waals surface area (Å²) in [6.07, 6.45) is 2.07. The fourth-order valence-electron chi connectivity index (χ4n) is 2.61. The van der Waals surface area contributed by atoms with Gasteiger partial charge < -0.3 is 9.64 Å². The fourth-order valence-corrected chi connectivity index (χ4v) is 2.78. The Kier molecular flexibility index (Phi) is 4.61. The molecule has 7 nitrogen and oxygen atoms in total. The molecule has 124 valence electrons. The first-order chi connectivity index (χ1) is 11.5. The Morgan fingerprint density at radius 3 is 2.92 bits per heavy atom. The number of amides is 1. The summed E-state index contributed by atoms with van der Waals surface area (Å²) in [5.41, 5.74) is -0.260. The zero-order valence-corrected chi connectivity index (χ0v) is 13.3. The number of carbonyl (C=O) groups excluding carboxylic acids is 1. The largest absolute Gasteiger partial charge is 0.472 e. The number of nitro groups is 1. The molecule has 1 amide bonds. The Labute approximate surface area is 143 Å². The van der Waals surface area contributed by atoms with Crippen LogP contribution in [0.15, 0.2) is 42.6 Å². The predicted octanol–water partition coefficient (Wildman–Crippen LogP) is 2.94. The number of pyridine rings is 1. The van der Waals surface area contributed by atoms with E-state index in [1.165, 1.54) is 23.1 Å². The van der Waals surface area contributed by atoms with Gasteiger partial charge in [-0.25, -0.2) is 4.98 Å². The number of hydrogen-bond donors (Lipinski definition) is 0. The summed E-state index contributed by atoms with van der Waals surface area (Å²) >= 11 is 5.88. The SMILES string of the molecule is O=C(c1cc(Cl)ccc1[N+](=O)[O-])N1CCC(Oc2ccccn2)C1. The minimum atomic E-state index is -0.582. The maximum atomic E-state index is 12.6. The van der Waals surface area contributed by atoms with Crippen molar-refractivity contribution in [3.8, 4) is 5.88 Å². The second kappa shape index (κ2) is 6.84. The van der Waals surface area contributed by atoms with Crippen LogP contribution in [-0.2, 0) is 0 Å². The number of likely N-dealkylation sites (tertiary alicyclic amines) is 1. The molecule has 1 aliphatic rings. The van der Waals surface area contributed by atoms with E-state index in [2.05, 4.69) is 4.98 Å². The Morgan fingerprint density at radius 2 is 2.21 bits per heavy atom. The van der Waals surface area contributed by atoms with E-state index < -0.39 is 10.8 Å². The minimum absolute atomic E-state index is 0.00835. The Bertz CT molecular complexity index is 769. The number of nitro benzene ring substituents is 1. The van der Waals surface area contributed by atoms with Crippen molar-refractivity contribution in [3.05, 3.63) is 63.3 Å². The molecular weight excluding hydrogens is 334 g/mol. The van der Waals surface area contributed by atoms with Crippen molar-refractivity contribution >= 4 is 23.2 Å². The lowest BCUT2D eigenvalue weighted by Gasteiger charge is -2.17. The molecule has 1 aromatic heterocycles. The van der Waals surface area contributed by atoms with Gasteiger partial charge in [0.1, 0.15) is 11.7 Å². The van der Waals surface area contributed by atoms with Crippen molar-refractivity contribution in [2.45, 2.75) is 12.5 Å². The zero-order valence-electron chi connectivity index (χ0n) is 12.6. The Balaban J connectivity index is 1.73. The molecule has 1 aliphatic heterocycles. The number of nitrogens with zero attached hydrogens (tertiary/aromatic N) is 3. The van der Waals surface area contributed by atoms with E-state index in [-0.39, 0.29) is 22.4 Å². The van der Waals surface area contributed by atoms with Crippen molar-refractivity contribution in [3.63, 3.8) is 0 Å². The molecule has 0 bridgehead atoms. The molecule has 24 heavy (non-hydrogen) atoms. The lowest BCUT2D eigenvalue weighted by atomic mass is 10.1. The summed E-state index contributed by atoms with van der Waals surface area (Å²) in [5, 5.41) is 11.4. The van der Waals surface area contributed by atoms with Gasteiger partial charge in [0, 0.05) is 36.3 Å². The van der Waals surface area contributed by atoms with E-state index in [0.717, 1.165) is 0 Å². The summed E-state index contributed by atoms with van der Waals surface area (Å²) in [6, 6.07) is 9.31. The molecule has 0 N–H and O–H groups in total. The quantitative estimate of drug-likeness (QED) is 0.627. The van der Waals surface area contributed by atoms with Crippen molar-refractivity contribution in [2.75, 3.05) is 13.1 Å². The lowest BCUT2D eigenvalue weighted by molar-refractivity contribution is -0.385.